The average molecular weight is 753 g/mol. The number of nitrogens with zero attached hydrogens (tertiary/aromatic N) is 7. The van der Waals surface area contributed by atoms with Crippen LogP contribution in [0.4, 0.5) is 28.4 Å². The van der Waals surface area contributed by atoms with Gasteiger partial charge in [0, 0.05) is 87.7 Å². The highest BCUT2D eigenvalue weighted by Gasteiger charge is 2.37. The van der Waals surface area contributed by atoms with Crippen molar-refractivity contribution in [1.82, 2.24) is 14.8 Å². The van der Waals surface area contributed by atoms with Crippen molar-refractivity contribution in [2.45, 2.75) is 63.8 Å². The molecule has 3 saturated heterocycles. The number of imide groups is 1. The van der Waals surface area contributed by atoms with Gasteiger partial charge in [0.15, 0.2) is 0 Å². The molecule has 0 aliphatic carbocycles. The molecular weight excluding hydrogens is 701 g/mol. The topological polar surface area (TPSA) is 108 Å². The normalized spacial score (nSPS) is 21.0. The van der Waals surface area contributed by atoms with Gasteiger partial charge in [-0.15, -0.1) is 0 Å². The van der Waals surface area contributed by atoms with E-state index in [1.165, 1.54) is 29.7 Å². The van der Waals surface area contributed by atoms with E-state index in [2.05, 4.69) is 85.4 Å². The van der Waals surface area contributed by atoms with E-state index in [1.54, 1.807) is 0 Å². The summed E-state index contributed by atoms with van der Waals surface area (Å²) in [6, 6.07) is 21.2. The maximum Gasteiger partial charge on any atom is 0.253 e. The zero-order valence-electron chi connectivity index (χ0n) is 32.9. The van der Waals surface area contributed by atoms with Gasteiger partial charge >= 0.3 is 0 Å². The van der Waals surface area contributed by atoms with E-state index in [4.69, 9.17) is 0 Å². The molecule has 11 nitrogen and oxygen atoms in total. The first-order valence-corrected chi connectivity index (χ1v) is 20.5. The number of carbonyl (C=O) groups excluding carboxylic acids is 2. The lowest BCUT2D eigenvalue weighted by molar-refractivity contribution is -0.134. The van der Waals surface area contributed by atoms with E-state index in [-0.39, 0.29) is 23.4 Å². The van der Waals surface area contributed by atoms with Crippen molar-refractivity contribution in [3.63, 3.8) is 0 Å². The number of rotatable bonds is 6. The van der Waals surface area contributed by atoms with E-state index in [9.17, 15) is 19.6 Å². The van der Waals surface area contributed by atoms with Crippen LogP contribution in [0, 0.1) is 24.2 Å². The lowest BCUT2D eigenvalue weighted by Gasteiger charge is -2.40. The van der Waals surface area contributed by atoms with Crippen LogP contribution in [-0.2, 0) is 23.1 Å². The van der Waals surface area contributed by atoms with Crippen LogP contribution in [0.2, 0.25) is 0 Å². The van der Waals surface area contributed by atoms with E-state index < -0.39 is 0 Å². The van der Waals surface area contributed by atoms with E-state index in [1.807, 2.05) is 30.7 Å². The Bertz CT molecular complexity index is 2310. The summed E-state index contributed by atoms with van der Waals surface area (Å²) in [5.41, 5.74) is 10.7. The summed E-state index contributed by atoms with van der Waals surface area (Å²) in [6.45, 7) is 9.72. The number of anilines is 5. The van der Waals surface area contributed by atoms with E-state index in [0.717, 1.165) is 111 Å². The van der Waals surface area contributed by atoms with Crippen LogP contribution in [0.3, 0.4) is 0 Å². The summed E-state index contributed by atoms with van der Waals surface area (Å²) in [6.07, 6.45) is 6.42. The van der Waals surface area contributed by atoms with Crippen LogP contribution in [0.15, 0.2) is 59.4 Å². The predicted molar refractivity (Wildman–Crippen MR) is 222 cm³/mol. The SMILES string of the molecule is Cc1cc2c(N3CCN(C)c4ccc(C#N)cc43)cc(C3CCN(CC4CCN(c5cccc6c5CCN6C5CCC(=O)NC5=O)CC4)CC3)cc2n(C)c1=O. The number of pyridine rings is 1. The van der Waals surface area contributed by atoms with E-state index >= 15 is 0 Å². The van der Waals surface area contributed by atoms with Crippen LogP contribution < -0.4 is 30.5 Å². The summed E-state index contributed by atoms with van der Waals surface area (Å²) in [4.78, 5) is 49.8. The molecule has 0 bridgehead atoms. The second-order valence-electron chi connectivity index (χ2n) is 16.7. The van der Waals surface area contributed by atoms with Crippen LogP contribution >= 0.6 is 0 Å². The Labute approximate surface area is 329 Å². The maximum atomic E-state index is 13.2. The fourth-order valence-electron chi connectivity index (χ4n) is 10.3. The summed E-state index contributed by atoms with van der Waals surface area (Å²) in [5.74, 6) is 0.742. The van der Waals surface area contributed by atoms with Gasteiger partial charge in [0.2, 0.25) is 11.8 Å². The number of nitriles is 1. The number of amides is 2. The molecule has 56 heavy (non-hydrogen) atoms. The summed E-state index contributed by atoms with van der Waals surface area (Å²) < 4.78 is 1.82. The number of nitrogens with one attached hydrogen (secondary N) is 1. The van der Waals surface area contributed by atoms with Crippen molar-refractivity contribution in [3.05, 3.63) is 87.2 Å². The van der Waals surface area contributed by atoms with Gasteiger partial charge in [-0.25, -0.2) is 0 Å². The van der Waals surface area contributed by atoms with Crippen molar-refractivity contribution >= 4 is 51.2 Å². The third-order valence-electron chi connectivity index (χ3n) is 13.4. The Kier molecular flexibility index (Phi) is 9.48. The standard InChI is InChI=1S/C45H52N8O3/c1-29-23-35-40(49(3)45(29)56)25-33(26-41(35)53-22-21-48(2)38-8-7-31(27-46)24-42(38)53)32-13-16-50(17-14-32)28-30-11-18-51(19-12-30)36-5-4-6-37-34(36)15-20-52(37)39-9-10-43(54)47-44(39)55/h4-8,23-26,30,32,39H,9-22,28H2,1-3H3,(H,47,54,55). The van der Waals surface area contributed by atoms with Crippen molar-refractivity contribution < 1.29 is 9.59 Å². The van der Waals surface area contributed by atoms with Gasteiger partial charge in [0.05, 0.1) is 34.2 Å². The molecule has 290 valence electrons. The quantitative estimate of drug-likeness (QED) is 0.253. The molecule has 4 aromatic rings. The number of likely N-dealkylation sites (N-methyl/N-ethyl adjacent to an activating group) is 1. The maximum absolute atomic E-state index is 13.2. The molecule has 3 fully saturated rings. The molecule has 0 saturated carbocycles. The molecule has 3 aromatic carbocycles. The van der Waals surface area contributed by atoms with E-state index in [0.29, 0.717) is 30.2 Å². The highest BCUT2D eigenvalue weighted by molar-refractivity contribution is 6.02. The number of benzene rings is 3. The fourth-order valence-corrected chi connectivity index (χ4v) is 10.3. The largest absolute Gasteiger partial charge is 0.371 e. The van der Waals surface area contributed by atoms with Gasteiger partial charge in [0.25, 0.3) is 5.56 Å². The summed E-state index contributed by atoms with van der Waals surface area (Å²) in [7, 11) is 4.00. The van der Waals surface area contributed by atoms with Crippen molar-refractivity contribution in [2.24, 2.45) is 13.0 Å². The minimum absolute atomic E-state index is 0.0397. The summed E-state index contributed by atoms with van der Waals surface area (Å²) >= 11 is 0. The molecule has 5 aliphatic rings. The van der Waals surface area contributed by atoms with Crippen molar-refractivity contribution in [1.29, 1.82) is 5.26 Å². The number of hydrogen-bond acceptors (Lipinski definition) is 9. The number of carbonyl (C=O) groups is 2. The Morgan fingerprint density at radius 1 is 0.768 bits per heavy atom. The molecule has 11 heteroatoms. The van der Waals surface area contributed by atoms with Crippen molar-refractivity contribution in [2.75, 3.05) is 79.0 Å². The minimum atomic E-state index is -0.270. The van der Waals surface area contributed by atoms with Gasteiger partial charge in [-0.3, -0.25) is 19.7 Å². The van der Waals surface area contributed by atoms with Crippen LogP contribution in [0.1, 0.15) is 66.7 Å². The Morgan fingerprint density at radius 3 is 2.32 bits per heavy atom. The number of fused-ring (bicyclic) bond motifs is 3. The lowest BCUT2D eigenvalue weighted by Crippen LogP contribution is -2.52. The molecule has 1 unspecified atom stereocenters. The fraction of sp³-hybridized carbons (Fsp3) is 0.467. The number of likely N-dealkylation sites (tertiary alicyclic amines) is 1. The zero-order valence-corrected chi connectivity index (χ0v) is 32.9. The molecule has 9 rings (SSSR count). The molecular formula is C45H52N8O3. The second kappa shape index (κ2) is 14.6. The van der Waals surface area contributed by atoms with Crippen LogP contribution in [-0.4, -0.2) is 86.7 Å². The van der Waals surface area contributed by atoms with Gasteiger partial charge in [-0.05, 0) is 124 Å². The number of hydrogen-bond donors (Lipinski definition) is 1. The third kappa shape index (κ3) is 6.47. The van der Waals surface area contributed by atoms with Crippen molar-refractivity contribution in [3.8, 4) is 6.07 Å². The number of aromatic nitrogens is 1. The lowest BCUT2D eigenvalue weighted by atomic mass is 9.87. The van der Waals surface area contributed by atoms with Crippen LogP contribution in [0.25, 0.3) is 10.9 Å². The van der Waals surface area contributed by atoms with Gasteiger partial charge in [0.1, 0.15) is 6.04 Å². The first-order chi connectivity index (χ1) is 27.2. The van der Waals surface area contributed by atoms with Crippen LogP contribution in [0.5, 0.6) is 0 Å². The molecule has 1 aromatic heterocycles. The third-order valence-corrected chi connectivity index (χ3v) is 13.4. The highest BCUT2D eigenvalue weighted by atomic mass is 16.2. The Hall–Kier alpha value is -5.34. The molecule has 2 amide bonds. The Morgan fingerprint density at radius 2 is 1.55 bits per heavy atom. The number of aryl methyl sites for hydroxylation is 2. The summed E-state index contributed by atoms with van der Waals surface area (Å²) in [5, 5.41) is 13.4. The number of piperidine rings is 3. The first kappa shape index (κ1) is 36.3. The molecule has 0 radical (unpaired) electrons. The monoisotopic (exact) mass is 752 g/mol. The minimum Gasteiger partial charge on any atom is -0.371 e. The van der Waals surface area contributed by atoms with Gasteiger partial charge < -0.3 is 29.1 Å². The highest BCUT2D eigenvalue weighted by Crippen LogP contribution is 2.43. The molecule has 6 heterocycles. The first-order valence-electron chi connectivity index (χ1n) is 20.5. The average Bonchev–Trinajstić information content (AvgIpc) is 3.65. The Balaban J connectivity index is 0.876. The van der Waals surface area contributed by atoms with Gasteiger partial charge in [-0.2, -0.15) is 5.26 Å². The zero-order chi connectivity index (χ0) is 38.7. The second-order valence-corrected chi connectivity index (χ2v) is 16.7. The molecule has 0 spiro atoms. The molecule has 5 aliphatic heterocycles. The van der Waals surface area contributed by atoms with Gasteiger partial charge in [-0.1, -0.05) is 6.07 Å². The predicted octanol–water partition coefficient (Wildman–Crippen LogP) is 5.57. The molecule has 1 atom stereocenters. The smallest absolute Gasteiger partial charge is 0.253 e. The molecule has 1 N–H and O–H groups in total.